The van der Waals surface area contributed by atoms with Crippen molar-refractivity contribution in [2.24, 2.45) is 0 Å². The van der Waals surface area contributed by atoms with Crippen LogP contribution in [0, 0.1) is 13.8 Å². The lowest BCUT2D eigenvalue weighted by atomic mass is 10.1. The van der Waals surface area contributed by atoms with E-state index < -0.39 is 35.9 Å². The van der Waals surface area contributed by atoms with E-state index in [9.17, 15) is 14.4 Å². The van der Waals surface area contributed by atoms with Crippen molar-refractivity contribution in [3.63, 3.8) is 0 Å². The highest BCUT2D eigenvalue weighted by Gasteiger charge is 2.41. The Morgan fingerprint density at radius 2 is 1.57 bits per heavy atom. The van der Waals surface area contributed by atoms with Crippen LogP contribution >= 0.6 is 23.2 Å². The third-order valence-electron chi connectivity index (χ3n) is 6.31. The summed E-state index contributed by atoms with van der Waals surface area (Å²) in [6.45, 7) is 2.91. The summed E-state index contributed by atoms with van der Waals surface area (Å²) >= 11 is 11.8. The van der Waals surface area contributed by atoms with Crippen LogP contribution in [-0.4, -0.2) is 50.3 Å². The Hall–Kier alpha value is -4.06. The highest BCUT2D eigenvalue weighted by molar-refractivity contribution is 6.31. The largest absolute Gasteiger partial charge is 0.459 e. The molecule has 2 aromatic heterocycles. The number of carbonyl (C=O) groups excluding carboxylic acids is 2. The van der Waals surface area contributed by atoms with Gasteiger partial charge in [0.15, 0.2) is 11.5 Å². The lowest BCUT2D eigenvalue weighted by Gasteiger charge is -2.19. The fourth-order valence-corrected chi connectivity index (χ4v) is 4.60. The second kappa shape index (κ2) is 11.2. The Labute approximate surface area is 237 Å². The number of aryl methyl sites for hydroxylation is 2. The molecule has 0 saturated carbocycles. The molecule has 3 heterocycles. The fourth-order valence-electron chi connectivity index (χ4n) is 4.35. The van der Waals surface area contributed by atoms with E-state index in [1.165, 1.54) is 35.8 Å². The first-order valence-corrected chi connectivity index (χ1v) is 12.9. The van der Waals surface area contributed by atoms with E-state index in [2.05, 4.69) is 15.0 Å². The van der Waals surface area contributed by atoms with Crippen LogP contribution in [0.25, 0.3) is 11.2 Å². The number of carbonyl (C=O) groups is 2. The minimum atomic E-state index is -0.937. The number of benzene rings is 2. The topological polar surface area (TPSA) is 149 Å². The number of nitrogens with zero attached hydrogens (tertiary/aromatic N) is 4. The number of hydrogen-bond acceptors (Lipinski definition) is 10. The molecule has 1 aliphatic heterocycles. The van der Waals surface area contributed by atoms with E-state index >= 15 is 0 Å². The Bertz CT molecular complexity index is 1660. The van der Waals surface area contributed by atoms with Gasteiger partial charge < -0.3 is 19.9 Å². The first-order valence-electron chi connectivity index (χ1n) is 12.2. The summed E-state index contributed by atoms with van der Waals surface area (Å²) in [5.41, 5.74) is 6.72. The zero-order chi connectivity index (χ0) is 28.6. The summed E-state index contributed by atoms with van der Waals surface area (Å²) in [6.07, 6.45) is -2.67. The molecule has 2 aromatic carbocycles. The predicted molar refractivity (Wildman–Crippen MR) is 146 cm³/mol. The number of nitrogens with two attached hydrogens (primary N) is 1. The highest BCUT2D eigenvalue weighted by atomic mass is 35.5. The lowest BCUT2D eigenvalue weighted by molar-refractivity contribution is -0.0570. The zero-order valence-corrected chi connectivity index (χ0v) is 22.8. The van der Waals surface area contributed by atoms with Gasteiger partial charge in [0.05, 0.1) is 11.1 Å². The number of fused-ring (bicyclic) bond motifs is 1. The van der Waals surface area contributed by atoms with Crippen molar-refractivity contribution in [3.8, 4) is 0 Å². The smallest absolute Gasteiger partial charge is 0.338 e. The van der Waals surface area contributed by atoms with Crippen molar-refractivity contribution >= 4 is 52.1 Å². The van der Waals surface area contributed by atoms with Crippen molar-refractivity contribution in [3.05, 3.63) is 91.6 Å². The van der Waals surface area contributed by atoms with Crippen LogP contribution in [0.15, 0.2) is 53.3 Å². The van der Waals surface area contributed by atoms with Crippen molar-refractivity contribution in [2.75, 3.05) is 12.3 Å². The van der Waals surface area contributed by atoms with Gasteiger partial charge in [0.2, 0.25) is 0 Å². The molecule has 1 aliphatic rings. The van der Waals surface area contributed by atoms with E-state index in [1.807, 2.05) is 0 Å². The number of esters is 2. The van der Waals surface area contributed by atoms with Gasteiger partial charge in [-0.1, -0.05) is 23.2 Å². The molecule has 0 unspecified atom stereocenters. The molecule has 2 N–H and O–H groups in total. The Morgan fingerprint density at radius 3 is 2.20 bits per heavy atom. The molecule has 4 aromatic rings. The summed E-state index contributed by atoms with van der Waals surface area (Å²) in [5, 5.41) is 0.932. The molecule has 206 valence electrons. The van der Waals surface area contributed by atoms with Gasteiger partial charge in [-0.2, -0.15) is 0 Å². The third kappa shape index (κ3) is 5.62. The molecule has 1 saturated heterocycles. The van der Waals surface area contributed by atoms with Crippen molar-refractivity contribution in [2.45, 2.75) is 38.7 Å². The van der Waals surface area contributed by atoms with Crippen molar-refractivity contribution in [1.29, 1.82) is 0 Å². The normalized spacial score (nSPS) is 18.6. The molecule has 0 radical (unpaired) electrons. The molecule has 0 amide bonds. The van der Waals surface area contributed by atoms with Gasteiger partial charge in [-0.15, -0.1) is 0 Å². The molecule has 11 nitrogen and oxygen atoms in total. The van der Waals surface area contributed by atoms with Crippen molar-refractivity contribution in [1.82, 2.24) is 19.5 Å². The van der Waals surface area contributed by atoms with E-state index in [1.54, 1.807) is 31.2 Å². The van der Waals surface area contributed by atoms with Gasteiger partial charge in [0.1, 0.15) is 42.1 Å². The molecule has 40 heavy (non-hydrogen) atoms. The number of aromatic nitrogens is 4. The molecule has 0 aliphatic carbocycles. The monoisotopic (exact) mass is 583 g/mol. The number of rotatable bonds is 6. The van der Waals surface area contributed by atoms with Crippen LogP contribution in [0.3, 0.4) is 0 Å². The minimum Gasteiger partial charge on any atom is -0.459 e. The average molecular weight is 584 g/mol. The van der Waals surface area contributed by atoms with E-state index in [-0.39, 0.29) is 46.8 Å². The van der Waals surface area contributed by atoms with E-state index in [0.29, 0.717) is 15.9 Å². The summed E-state index contributed by atoms with van der Waals surface area (Å²) in [4.78, 5) is 51.7. The summed E-state index contributed by atoms with van der Waals surface area (Å²) in [6, 6.07) is 12.4. The van der Waals surface area contributed by atoms with E-state index in [4.69, 9.17) is 43.1 Å². The number of ether oxygens (including phenoxy) is 3. The molecule has 0 bridgehead atoms. The highest BCUT2D eigenvalue weighted by Crippen LogP contribution is 2.33. The van der Waals surface area contributed by atoms with Crippen LogP contribution in [0.5, 0.6) is 0 Å². The van der Waals surface area contributed by atoms with Crippen molar-refractivity contribution < 1.29 is 23.8 Å². The maximum absolute atomic E-state index is 13.3. The molecule has 1 fully saturated rings. The summed E-state index contributed by atoms with van der Waals surface area (Å²) in [7, 11) is 0. The SMILES string of the molecule is Cc1nc(N)c2nc(C)c(=O)n([C@H]3C[C@H](OC(=O)c4ccc(Cl)cc4)[C@@H](COC(=O)c4ccc(Cl)cc4)O3)c2n1. The fraction of sp³-hybridized carbons (Fsp3) is 0.259. The molecule has 0 spiro atoms. The molecule has 5 rings (SSSR count). The minimum absolute atomic E-state index is 0.0594. The van der Waals surface area contributed by atoms with Crippen LogP contribution in [0.2, 0.25) is 10.0 Å². The summed E-state index contributed by atoms with van der Waals surface area (Å²) < 4.78 is 18.8. The lowest BCUT2D eigenvalue weighted by Crippen LogP contribution is -2.32. The van der Waals surface area contributed by atoms with Gasteiger partial charge in [-0.3, -0.25) is 9.36 Å². The van der Waals surface area contributed by atoms with Gasteiger partial charge in [0, 0.05) is 16.5 Å². The molecular weight excluding hydrogens is 561 g/mol. The van der Waals surface area contributed by atoms with E-state index in [0.717, 1.165) is 0 Å². The van der Waals surface area contributed by atoms with Gasteiger partial charge in [0.25, 0.3) is 5.56 Å². The average Bonchev–Trinajstić information content (AvgIpc) is 3.31. The summed E-state index contributed by atoms with van der Waals surface area (Å²) in [5.74, 6) is -0.812. The van der Waals surface area contributed by atoms with Crippen LogP contribution < -0.4 is 11.3 Å². The maximum Gasteiger partial charge on any atom is 0.338 e. The number of halogens is 2. The molecule has 13 heteroatoms. The number of hydrogen-bond donors (Lipinski definition) is 1. The molecular formula is C27H23Cl2N5O6. The second-order valence-corrected chi connectivity index (χ2v) is 9.99. The quantitative estimate of drug-likeness (QED) is 0.329. The van der Waals surface area contributed by atoms with Crippen LogP contribution in [-0.2, 0) is 14.2 Å². The van der Waals surface area contributed by atoms with Gasteiger partial charge >= 0.3 is 11.9 Å². The van der Waals surface area contributed by atoms with Crippen LogP contribution in [0.1, 0.15) is 44.9 Å². The Balaban J connectivity index is 1.46. The third-order valence-corrected chi connectivity index (χ3v) is 6.81. The zero-order valence-electron chi connectivity index (χ0n) is 21.3. The maximum atomic E-state index is 13.3. The van der Waals surface area contributed by atoms with Crippen LogP contribution in [0.4, 0.5) is 5.82 Å². The van der Waals surface area contributed by atoms with Gasteiger partial charge in [-0.05, 0) is 62.4 Å². The molecule has 3 atom stereocenters. The number of nitrogen functional groups attached to an aromatic ring is 1. The Morgan fingerprint density at radius 1 is 0.975 bits per heavy atom. The predicted octanol–water partition coefficient (Wildman–Crippen LogP) is 4.06. The standard InChI is InChI=1S/C27H23Cl2N5O6/c1-13-25(35)34(24-22(31-13)23(30)32-14(2)33-24)21-11-19(40-27(37)16-5-9-18(29)10-6-16)20(39-21)12-38-26(36)15-3-7-17(28)8-4-15/h3-10,19-21H,11-12H2,1-2H3,(H2,30,32,33)/t19-,20+,21+/m0/s1. The van der Waals surface area contributed by atoms with Gasteiger partial charge in [-0.25, -0.2) is 24.5 Å². The first-order chi connectivity index (χ1) is 19.1. The second-order valence-electron chi connectivity index (χ2n) is 9.12. The first kappa shape index (κ1) is 27.5. The number of anilines is 1. The Kier molecular flexibility index (Phi) is 7.70.